The fourth-order valence-corrected chi connectivity index (χ4v) is 3.74. The molecule has 1 aliphatic heterocycles. The van der Waals surface area contributed by atoms with Gasteiger partial charge in [-0.05, 0) is 56.7 Å². The molecule has 1 atom stereocenters. The minimum absolute atomic E-state index is 0.0609. The molecule has 2 aromatic rings. The molecule has 0 saturated carbocycles. The standard InChI is InChI=1S/C19H24N2O2/c1-5-15-18(14(4)23-20-15)19(22)21-11-7-10-16(21)17-12(2)8-6-9-13(17)3/h6,8-9,16H,5,7,10-11H2,1-4H3. The summed E-state index contributed by atoms with van der Waals surface area (Å²) in [6.07, 6.45) is 2.76. The lowest BCUT2D eigenvalue weighted by atomic mass is 9.94. The molecule has 1 aliphatic rings. The van der Waals surface area contributed by atoms with E-state index in [0.29, 0.717) is 17.7 Å². The molecule has 23 heavy (non-hydrogen) atoms. The third-order valence-corrected chi connectivity index (χ3v) is 4.87. The number of carbonyl (C=O) groups excluding carboxylic acids is 1. The van der Waals surface area contributed by atoms with E-state index in [0.717, 1.165) is 25.1 Å². The van der Waals surface area contributed by atoms with Crippen LogP contribution < -0.4 is 0 Å². The SMILES string of the molecule is CCc1noc(C)c1C(=O)N1CCCC1c1c(C)cccc1C. The highest BCUT2D eigenvalue weighted by Gasteiger charge is 2.34. The summed E-state index contributed by atoms with van der Waals surface area (Å²) >= 11 is 0. The first kappa shape index (κ1) is 15.8. The molecular formula is C19H24N2O2. The van der Waals surface area contributed by atoms with Crippen molar-refractivity contribution in [1.29, 1.82) is 0 Å². The first-order chi connectivity index (χ1) is 11.0. The van der Waals surface area contributed by atoms with Gasteiger partial charge in [0.2, 0.25) is 0 Å². The number of benzene rings is 1. The van der Waals surface area contributed by atoms with E-state index >= 15 is 0 Å². The zero-order valence-electron chi connectivity index (χ0n) is 14.3. The molecule has 0 aliphatic carbocycles. The number of nitrogens with zero attached hydrogens (tertiary/aromatic N) is 2. The van der Waals surface area contributed by atoms with E-state index in [9.17, 15) is 4.79 Å². The monoisotopic (exact) mass is 312 g/mol. The Balaban J connectivity index is 1.99. The van der Waals surface area contributed by atoms with Gasteiger partial charge in [-0.2, -0.15) is 0 Å². The molecule has 3 rings (SSSR count). The van der Waals surface area contributed by atoms with Crippen LogP contribution in [0.1, 0.15) is 64.3 Å². The number of amides is 1. The molecule has 4 nitrogen and oxygen atoms in total. The quantitative estimate of drug-likeness (QED) is 0.855. The Hall–Kier alpha value is -2.10. The largest absolute Gasteiger partial charge is 0.361 e. The van der Waals surface area contributed by atoms with E-state index in [4.69, 9.17) is 4.52 Å². The average molecular weight is 312 g/mol. The maximum Gasteiger partial charge on any atom is 0.259 e. The molecule has 122 valence electrons. The van der Waals surface area contributed by atoms with Gasteiger partial charge in [-0.3, -0.25) is 4.79 Å². The zero-order chi connectivity index (χ0) is 16.6. The van der Waals surface area contributed by atoms with E-state index in [-0.39, 0.29) is 11.9 Å². The van der Waals surface area contributed by atoms with Gasteiger partial charge < -0.3 is 9.42 Å². The zero-order valence-corrected chi connectivity index (χ0v) is 14.3. The van der Waals surface area contributed by atoms with E-state index in [1.165, 1.54) is 16.7 Å². The van der Waals surface area contributed by atoms with Crippen LogP contribution in [0.25, 0.3) is 0 Å². The number of aromatic nitrogens is 1. The van der Waals surface area contributed by atoms with E-state index in [1.807, 2.05) is 18.7 Å². The molecule has 4 heteroatoms. The number of hydrogen-bond acceptors (Lipinski definition) is 3. The molecule has 1 amide bonds. The number of likely N-dealkylation sites (tertiary alicyclic amines) is 1. The third-order valence-electron chi connectivity index (χ3n) is 4.87. The minimum atomic E-state index is 0.0609. The second-order valence-electron chi connectivity index (χ2n) is 6.38. The van der Waals surface area contributed by atoms with Crippen LogP contribution in [-0.4, -0.2) is 22.5 Å². The van der Waals surface area contributed by atoms with Crippen LogP contribution in [0.4, 0.5) is 0 Å². The van der Waals surface area contributed by atoms with Gasteiger partial charge in [-0.25, -0.2) is 0 Å². The van der Waals surface area contributed by atoms with Crippen molar-refractivity contribution in [3.8, 4) is 0 Å². The van der Waals surface area contributed by atoms with Crippen molar-refractivity contribution in [1.82, 2.24) is 10.1 Å². The molecule has 0 radical (unpaired) electrons. The first-order valence-electron chi connectivity index (χ1n) is 8.36. The maximum absolute atomic E-state index is 13.1. The second kappa shape index (κ2) is 6.19. The van der Waals surface area contributed by atoms with Crippen LogP contribution in [0, 0.1) is 20.8 Å². The lowest BCUT2D eigenvalue weighted by Crippen LogP contribution is -2.32. The number of hydrogen-bond donors (Lipinski definition) is 0. The van der Waals surface area contributed by atoms with Crippen LogP contribution >= 0.6 is 0 Å². The van der Waals surface area contributed by atoms with E-state index in [1.54, 1.807) is 0 Å². The van der Waals surface area contributed by atoms with E-state index < -0.39 is 0 Å². The summed E-state index contributed by atoms with van der Waals surface area (Å²) in [5.41, 5.74) is 5.23. The predicted molar refractivity (Wildman–Crippen MR) is 89.5 cm³/mol. The van der Waals surface area contributed by atoms with Gasteiger partial charge in [0.25, 0.3) is 5.91 Å². The van der Waals surface area contributed by atoms with Gasteiger partial charge in [-0.15, -0.1) is 0 Å². The minimum Gasteiger partial charge on any atom is -0.361 e. The second-order valence-corrected chi connectivity index (χ2v) is 6.38. The summed E-state index contributed by atoms with van der Waals surface area (Å²) in [6.45, 7) is 8.88. The number of aryl methyl sites for hydroxylation is 4. The van der Waals surface area contributed by atoms with Crippen molar-refractivity contribution in [2.75, 3.05) is 6.54 Å². The van der Waals surface area contributed by atoms with Crippen molar-refractivity contribution in [2.45, 2.75) is 53.0 Å². The molecule has 1 fully saturated rings. The first-order valence-corrected chi connectivity index (χ1v) is 8.36. The number of carbonyl (C=O) groups is 1. The lowest BCUT2D eigenvalue weighted by molar-refractivity contribution is 0.0732. The lowest BCUT2D eigenvalue weighted by Gasteiger charge is -2.27. The summed E-state index contributed by atoms with van der Waals surface area (Å²) in [6, 6.07) is 6.49. The topological polar surface area (TPSA) is 46.3 Å². The molecule has 1 unspecified atom stereocenters. The van der Waals surface area contributed by atoms with Crippen LogP contribution in [0.5, 0.6) is 0 Å². The third kappa shape index (κ3) is 2.67. The smallest absolute Gasteiger partial charge is 0.259 e. The molecular weight excluding hydrogens is 288 g/mol. The molecule has 1 saturated heterocycles. The highest BCUT2D eigenvalue weighted by Crippen LogP contribution is 2.37. The van der Waals surface area contributed by atoms with Gasteiger partial charge in [0.15, 0.2) is 0 Å². The van der Waals surface area contributed by atoms with Crippen LogP contribution in [0.3, 0.4) is 0 Å². The van der Waals surface area contributed by atoms with Crippen LogP contribution in [-0.2, 0) is 6.42 Å². The summed E-state index contributed by atoms with van der Waals surface area (Å²) in [4.78, 5) is 15.1. The highest BCUT2D eigenvalue weighted by atomic mass is 16.5. The fraction of sp³-hybridized carbons (Fsp3) is 0.474. The van der Waals surface area contributed by atoms with Gasteiger partial charge in [0, 0.05) is 6.54 Å². The van der Waals surface area contributed by atoms with Crippen molar-refractivity contribution >= 4 is 5.91 Å². The molecule has 1 aromatic heterocycles. The molecule has 0 N–H and O–H groups in total. The summed E-state index contributed by atoms with van der Waals surface area (Å²) < 4.78 is 5.26. The Morgan fingerprint density at radius 2 is 2.00 bits per heavy atom. The van der Waals surface area contributed by atoms with Gasteiger partial charge in [0.1, 0.15) is 11.3 Å². The molecule has 2 heterocycles. The normalized spacial score (nSPS) is 17.7. The van der Waals surface area contributed by atoms with Crippen molar-refractivity contribution in [3.05, 3.63) is 51.9 Å². The van der Waals surface area contributed by atoms with Gasteiger partial charge >= 0.3 is 0 Å². The van der Waals surface area contributed by atoms with Crippen molar-refractivity contribution < 1.29 is 9.32 Å². The maximum atomic E-state index is 13.1. The fourth-order valence-electron chi connectivity index (χ4n) is 3.74. The van der Waals surface area contributed by atoms with Crippen LogP contribution in [0.15, 0.2) is 22.7 Å². The predicted octanol–water partition coefficient (Wildman–Crippen LogP) is 4.14. The Bertz CT molecular complexity index is 713. The Labute approximate surface area is 137 Å². The summed E-state index contributed by atoms with van der Waals surface area (Å²) in [5, 5.41) is 4.04. The Morgan fingerprint density at radius 3 is 2.65 bits per heavy atom. The Kier molecular flexibility index (Phi) is 4.24. The number of rotatable bonds is 3. The molecule has 1 aromatic carbocycles. The average Bonchev–Trinajstić information content (AvgIpc) is 3.13. The molecule has 0 spiro atoms. The summed E-state index contributed by atoms with van der Waals surface area (Å²) in [7, 11) is 0. The molecule has 0 bridgehead atoms. The van der Waals surface area contributed by atoms with Crippen LogP contribution in [0.2, 0.25) is 0 Å². The summed E-state index contributed by atoms with van der Waals surface area (Å²) in [5.74, 6) is 0.685. The van der Waals surface area contributed by atoms with Crippen molar-refractivity contribution in [2.24, 2.45) is 0 Å². The van der Waals surface area contributed by atoms with Gasteiger partial charge in [0.05, 0.1) is 11.7 Å². The Morgan fingerprint density at radius 1 is 1.30 bits per heavy atom. The highest BCUT2D eigenvalue weighted by molar-refractivity contribution is 5.96. The van der Waals surface area contributed by atoms with E-state index in [2.05, 4.69) is 37.2 Å². The van der Waals surface area contributed by atoms with Gasteiger partial charge in [-0.1, -0.05) is 30.3 Å². The van der Waals surface area contributed by atoms with Crippen molar-refractivity contribution in [3.63, 3.8) is 0 Å².